The first-order valence-electron chi connectivity index (χ1n) is 10.1. The Morgan fingerprint density at radius 1 is 1.06 bits per heavy atom. The predicted octanol–water partition coefficient (Wildman–Crippen LogP) is 5.64. The molecule has 2 heterocycles. The van der Waals surface area contributed by atoms with Crippen LogP contribution in [0.25, 0.3) is 5.69 Å². The molecule has 0 radical (unpaired) electrons. The van der Waals surface area contributed by atoms with Gasteiger partial charge in [-0.05, 0) is 61.7 Å². The maximum atomic E-state index is 13.3. The van der Waals surface area contributed by atoms with Gasteiger partial charge in [0.15, 0.2) is 0 Å². The minimum Gasteiger partial charge on any atom is -0.307 e. The van der Waals surface area contributed by atoms with Crippen LogP contribution >= 0.6 is 11.6 Å². The molecule has 0 saturated heterocycles. The van der Waals surface area contributed by atoms with E-state index in [4.69, 9.17) is 11.6 Å². The van der Waals surface area contributed by atoms with Crippen LogP contribution in [0.4, 0.5) is 4.39 Å². The molecule has 6 heteroatoms. The molecule has 0 fully saturated rings. The van der Waals surface area contributed by atoms with Gasteiger partial charge in [-0.1, -0.05) is 35.9 Å². The fourth-order valence-electron chi connectivity index (χ4n) is 3.83. The van der Waals surface area contributed by atoms with Crippen molar-refractivity contribution in [3.63, 3.8) is 0 Å². The number of halogens is 2. The second-order valence-corrected chi connectivity index (χ2v) is 8.28. The van der Waals surface area contributed by atoms with Gasteiger partial charge in [0.05, 0.1) is 23.1 Å². The Labute approximate surface area is 185 Å². The van der Waals surface area contributed by atoms with Gasteiger partial charge in [-0.2, -0.15) is 0 Å². The molecule has 0 spiro atoms. The van der Waals surface area contributed by atoms with Crippen molar-refractivity contribution in [3.8, 4) is 5.69 Å². The minimum atomic E-state index is -0.306. The van der Waals surface area contributed by atoms with Crippen LogP contribution in [0.2, 0.25) is 5.02 Å². The highest BCUT2D eigenvalue weighted by molar-refractivity contribution is 6.30. The fourth-order valence-corrected chi connectivity index (χ4v) is 4.07. The summed E-state index contributed by atoms with van der Waals surface area (Å²) in [4.78, 5) is 17.5. The lowest BCUT2D eigenvalue weighted by Gasteiger charge is -2.18. The Hall–Kier alpha value is -3.18. The van der Waals surface area contributed by atoms with Crippen LogP contribution in [-0.2, 0) is 6.42 Å². The van der Waals surface area contributed by atoms with E-state index in [0.717, 1.165) is 28.1 Å². The average Bonchev–Trinajstić information content (AvgIpc) is 3.16. The molecule has 1 atom stereocenters. The van der Waals surface area contributed by atoms with E-state index >= 15 is 0 Å². The zero-order valence-corrected chi connectivity index (χ0v) is 18.4. The van der Waals surface area contributed by atoms with Crippen molar-refractivity contribution in [1.82, 2.24) is 14.1 Å². The van der Waals surface area contributed by atoms with E-state index in [1.165, 1.54) is 12.1 Å². The quantitative estimate of drug-likeness (QED) is 0.406. The number of pyridine rings is 1. The molecule has 4 aromatic rings. The molecule has 4 nitrogen and oxygen atoms in total. The van der Waals surface area contributed by atoms with Gasteiger partial charge >= 0.3 is 0 Å². The van der Waals surface area contributed by atoms with Crippen molar-refractivity contribution >= 4 is 11.6 Å². The summed E-state index contributed by atoms with van der Waals surface area (Å²) in [6.07, 6.45) is 5.88. The zero-order chi connectivity index (χ0) is 22.1. The van der Waals surface area contributed by atoms with Gasteiger partial charge in [-0.3, -0.25) is 4.79 Å². The van der Waals surface area contributed by atoms with Crippen molar-refractivity contribution < 1.29 is 4.39 Å². The molecule has 2 aromatic heterocycles. The van der Waals surface area contributed by atoms with Crippen LogP contribution in [0.15, 0.2) is 72.0 Å². The van der Waals surface area contributed by atoms with E-state index in [2.05, 4.69) is 11.1 Å². The Morgan fingerprint density at radius 2 is 1.81 bits per heavy atom. The molecule has 0 N–H and O–H groups in total. The fraction of sp³-hybridized carbons (Fsp3) is 0.200. The van der Waals surface area contributed by atoms with Gasteiger partial charge in [0.2, 0.25) is 0 Å². The van der Waals surface area contributed by atoms with Gasteiger partial charge < -0.3 is 9.13 Å². The van der Waals surface area contributed by atoms with Gasteiger partial charge in [0.1, 0.15) is 5.82 Å². The molecule has 0 saturated carbocycles. The average molecular weight is 436 g/mol. The molecule has 4 rings (SSSR count). The molecule has 0 bridgehead atoms. The molecule has 0 amide bonds. The standard InChI is InChI=1S/C25H23ClFN3O/c1-16-10-19(4-9-24(16)29-13-17(2)28-15-29)11-21-12-22(26)14-30(25(21)31)18(3)20-5-7-23(27)8-6-20/h4-10,12-15,18H,11H2,1-3H3/t18-/m0/s1. The van der Waals surface area contributed by atoms with Gasteiger partial charge in [0.25, 0.3) is 5.56 Å². The third-order valence-corrected chi connectivity index (χ3v) is 5.71. The number of aromatic nitrogens is 3. The second kappa shape index (κ2) is 8.52. The summed E-state index contributed by atoms with van der Waals surface area (Å²) in [5, 5.41) is 0.491. The van der Waals surface area contributed by atoms with Crippen LogP contribution in [0.5, 0.6) is 0 Å². The summed E-state index contributed by atoms with van der Waals surface area (Å²) < 4.78 is 16.9. The smallest absolute Gasteiger partial charge is 0.254 e. The first kappa shape index (κ1) is 21.1. The number of aryl methyl sites for hydroxylation is 2. The van der Waals surface area contributed by atoms with Gasteiger partial charge in [0, 0.05) is 30.1 Å². The van der Waals surface area contributed by atoms with E-state index in [9.17, 15) is 9.18 Å². The SMILES string of the molecule is Cc1cn(-c2ccc(Cc3cc(Cl)cn([C@@H](C)c4ccc(F)cc4)c3=O)cc2C)cn1. The summed E-state index contributed by atoms with van der Waals surface area (Å²) in [5.41, 5.74) is 5.49. The number of hydrogen-bond acceptors (Lipinski definition) is 2. The van der Waals surface area contributed by atoms with E-state index in [1.807, 2.05) is 43.7 Å². The van der Waals surface area contributed by atoms with Crippen LogP contribution in [0.3, 0.4) is 0 Å². The number of imidazole rings is 1. The van der Waals surface area contributed by atoms with Crippen molar-refractivity contribution in [2.45, 2.75) is 33.2 Å². The van der Waals surface area contributed by atoms with E-state index in [-0.39, 0.29) is 17.4 Å². The summed E-state index contributed by atoms with van der Waals surface area (Å²) in [7, 11) is 0. The summed E-state index contributed by atoms with van der Waals surface area (Å²) in [6, 6.07) is 13.8. The van der Waals surface area contributed by atoms with Crippen molar-refractivity contribution in [2.24, 2.45) is 0 Å². The lowest BCUT2D eigenvalue weighted by atomic mass is 10.0. The van der Waals surface area contributed by atoms with E-state index in [0.29, 0.717) is 17.0 Å². The Balaban J connectivity index is 1.65. The first-order chi connectivity index (χ1) is 14.8. The molecule has 0 aliphatic carbocycles. The van der Waals surface area contributed by atoms with Crippen molar-refractivity contribution in [3.05, 3.63) is 116 Å². The highest BCUT2D eigenvalue weighted by atomic mass is 35.5. The molecule has 0 aliphatic rings. The second-order valence-electron chi connectivity index (χ2n) is 7.84. The highest BCUT2D eigenvalue weighted by Crippen LogP contribution is 2.22. The van der Waals surface area contributed by atoms with Crippen molar-refractivity contribution in [1.29, 1.82) is 0 Å². The number of hydrogen-bond donors (Lipinski definition) is 0. The van der Waals surface area contributed by atoms with Gasteiger partial charge in [-0.15, -0.1) is 0 Å². The Kier molecular flexibility index (Phi) is 5.79. The number of benzene rings is 2. The molecular formula is C25H23ClFN3O. The van der Waals surface area contributed by atoms with E-state index in [1.54, 1.807) is 35.3 Å². The molecule has 158 valence electrons. The highest BCUT2D eigenvalue weighted by Gasteiger charge is 2.14. The maximum Gasteiger partial charge on any atom is 0.254 e. The van der Waals surface area contributed by atoms with Crippen LogP contribution in [0, 0.1) is 19.7 Å². The normalized spacial score (nSPS) is 12.2. The Morgan fingerprint density at radius 3 is 2.45 bits per heavy atom. The predicted molar refractivity (Wildman–Crippen MR) is 122 cm³/mol. The number of nitrogens with zero attached hydrogens (tertiary/aromatic N) is 3. The summed E-state index contributed by atoms with van der Waals surface area (Å²) >= 11 is 6.35. The van der Waals surface area contributed by atoms with Crippen molar-refractivity contribution in [2.75, 3.05) is 0 Å². The van der Waals surface area contributed by atoms with Gasteiger partial charge in [-0.25, -0.2) is 9.37 Å². The third-order valence-electron chi connectivity index (χ3n) is 5.50. The monoisotopic (exact) mass is 435 g/mol. The molecule has 31 heavy (non-hydrogen) atoms. The minimum absolute atomic E-state index is 0.104. The largest absolute Gasteiger partial charge is 0.307 e. The molecule has 2 aromatic carbocycles. The molecular weight excluding hydrogens is 413 g/mol. The van der Waals surface area contributed by atoms with Crippen LogP contribution in [0.1, 0.15) is 40.9 Å². The first-order valence-corrected chi connectivity index (χ1v) is 10.5. The maximum absolute atomic E-state index is 13.3. The lowest BCUT2D eigenvalue weighted by molar-refractivity contribution is 0.600. The van der Waals surface area contributed by atoms with E-state index < -0.39 is 0 Å². The lowest BCUT2D eigenvalue weighted by Crippen LogP contribution is -2.26. The molecule has 0 aliphatic heterocycles. The third kappa shape index (κ3) is 4.47. The van der Waals surface area contributed by atoms with Crippen LogP contribution < -0.4 is 5.56 Å². The van der Waals surface area contributed by atoms with Crippen LogP contribution in [-0.4, -0.2) is 14.1 Å². The zero-order valence-electron chi connectivity index (χ0n) is 17.6. The topological polar surface area (TPSA) is 39.8 Å². The number of rotatable bonds is 5. The summed E-state index contributed by atoms with van der Waals surface area (Å²) in [6.45, 7) is 5.90. The molecule has 0 unspecified atom stereocenters. The Bertz CT molecular complexity index is 1290. The summed E-state index contributed by atoms with van der Waals surface area (Å²) in [5.74, 6) is -0.306.